The molecule has 0 saturated heterocycles. The zero-order valence-corrected chi connectivity index (χ0v) is 20.0. The van der Waals surface area contributed by atoms with Crippen LogP contribution in [0.15, 0.2) is 29.4 Å². The van der Waals surface area contributed by atoms with E-state index >= 15 is 0 Å². The van der Waals surface area contributed by atoms with E-state index in [0.29, 0.717) is 17.9 Å². The van der Waals surface area contributed by atoms with Crippen molar-refractivity contribution in [1.29, 1.82) is 0 Å². The second-order valence-corrected chi connectivity index (χ2v) is 10.6. The minimum atomic E-state index is -3.53. The van der Waals surface area contributed by atoms with E-state index in [1.807, 2.05) is 13.8 Å². The number of carbonyl (C=O) groups is 1. The number of carbonyl (C=O) groups excluding carboxylic acids is 1. The van der Waals surface area contributed by atoms with Gasteiger partial charge in [0.1, 0.15) is 12.4 Å². The maximum atomic E-state index is 14.4. The van der Waals surface area contributed by atoms with Crippen molar-refractivity contribution in [1.82, 2.24) is 9.97 Å². The van der Waals surface area contributed by atoms with Crippen molar-refractivity contribution < 1.29 is 31.8 Å². The molecule has 0 bridgehead atoms. The summed E-state index contributed by atoms with van der Waals surface area (Å²) in [5.41, 5.74) is 0.506. The van der Waals surface area contributed by atoms with Crippen LogP contribution >= 0.6 is 0 Å². The van der Waals surface area contributed by atoms with E-state index in [-0.39, 0.29) is 40.6 Å². The molecule has 8 nitrogen and oxygen atoms in total. The van der Waals surface area contributed by atoms with E-state index in [0.717, 1.165) is 38.0 Å². The molecule has 1 heterocycles. The van der Waals surface area contributed by atoms with Crippen LogP contribution in [0.3, 0.4) is 0 Å². The molecule has 1 fully saturated rings. The van der Waals surface area contributed by atoms with Gasteiger partial charge in [-0.25, -0.2) is 22.8 Å². The third-order valence-corrected chi connectivity index (χ3v) is 6.53. The molecule has 0 amide bonds. The topological polar surface area (TPSA) is 105 Å². The summed E-state index contributed by atoms with van der Waals surface area (Å²) in [6, 6.07) is 3.43. The van der Waals surface area contributed by atoms with Gasteiger partial charge in [-0.2, -0.15) is 0 Å². The van der Waals surface area contributed by atoms with Crippen LogP contribution in [0, 0.1) is 18.7 Å². The molecule has 0 N–H and O–H groups in total. The lowest BCUT2D eigenvalue weighted by Gasteiger charge is -2.28. The van der Waals surface area contributed by atoms with Gasteiger partial charge in [0.25, 0.3) is 0 Å². The lowest BCUT2D eigenvalue weighted by molar-refractivity contribution is -0.148. The van der Waals surface area contributed by atoms with E-state index < -0.39 is 15.7 Å². The van der Waals surface area contributed by atoms with Crippen molar-refractivity contribution in [2.24, 2.45) is 5.92 Å². The lowest BCUT2D eigenvalue weighted by atomic mass is 9.85. The normalized spacial score (nSPS) is 18.7. The van der Waals surface area contributed by atoms with Crippen LogP contribution in [0.5, 0.6) is 17.5 Å². The molecule has 1 aromatic heterocycles. The van der Waals surface area contributed by atoms with Gasteiger partial charge < -0.3 is 14.2 Å². The number of rotatable bonds is 8. The first-order chi connectivity index (χ1) is 15.5. The zero-order valence-electron chi connectivity index (χ0n) is 19.2. The van der Waals surface area contributed by atoms with Crippen LogP contribution in [0.4, 0.5) is 4.39 Å². The Kier molecular flexibility index (Phi) is 7.88. The van der Waals surface area contributed by atoms with E-state index in [1.165, 1.54) is 18.5 Å². The van der Waals surface area contributed by atoms with E-state index in [4.69, 9.17) is 14.2 Å². The van der Waals surface area contributed by atoms with Crippen LogP contribution in [-0.4, -0.2) is 42.8 Å². The average Bonchev–Trinajstić information content (AvgIpc) is 2.72. The summed E-state index contributed by atoms with van der Waals surface area (Å²) in [6.45, 7) is 5.38. The summed E-state index contributed by atoms with van der Waals surface area (Å²) in [5, 5.41) is 0. The second kappa shape index (κ2) is 10.5. The molecule has 3 rings (SSSR count). The molecule has 0 radical (unpaired) electrons. The smallest absolute Gasteiger partial charge is 0.306 e. The van der Waals surface area contributed by atoms with Crippen LogP contribution in [0.2, 0.25) is 0 Å². The van der Waals surface area contributed by atoms with Crippen molar-refractivity contribution in [2.75, 3.05) is 6.26 Å². The van der Waals surface area contributed by atoms with Gasteiger partial charge in [0, 0.05) is 12.7 Å². The Balaban J connectivity index is 1.62. The van der Waals surface area contributed by atoms with E-state index in [1.54, 1.807) is 6.92 Å². The maximum Gasteiger partial charge on any atom is 0.306 e. The quantitative estimate of drug-likeness (QED) is 0.512. The fourth-order valence-corrected chi connectivity index (χ4v) is 4.33. The minimum absolute atomic E-state index is 0.0606. The first-order valence-corrected chi connectivity index (χ1v) is 12.8. The first-order valence-electron chi connectivity index (χ1n) is 10.9. The van der Waals surface area contributed by atoms with Gasteiger partial charge in [0.2, 0.25) is 11.8 Å². The lowest BCUT2D eigenvalue weighted by Crippen LogP contribution is -2.26. The molecule has 0 spiro atoms. The number of sulfone groups is 1. The second-order valence-electron chi connectivity index (χ2n) is 8.58. The first kappa shape index (κ1) is 24.9. The standard InChI is InChI=1S/C23H29FN2O6S/c1-14(2)30-21(27)11-16-5-7-17(8-6-16)31-22-15(3)23(26-13-25-22)32-20-10-9-18(12-19(20)24)33(4,28)29/h9-10,12-14,16-17H,5-8,11H2,1-4H3. The molecule has 1 aliphatic rings. The highest BCUT2D eigenvalue weighted by Gasteiger charge is 2.26. The average molecular weight is 481 g/mol. The van der Waals surface area contributed by atoms with Crippen molar-refractivity contribution in [3.63, 3.8) is 0 Å². The molecular formula is C23H29FN2O6S. The molecule has 33 heavy (non-hydrogen) atoms. The molecular weight excluding hydrogens is 451 g/mol. The molecule has 10 heteroatoms. The number of hydrogen-bond acceptors (Lipinski definition) is 8. The summed E-state index contributed by atoms with van der Waals surface area (Å²) < 4.78 is 54.4. The Labute approximate surface area is 193 Å². The van der Waals surface area contributed by atoms with Gasteiger partial charge in [-0.15, -0.1) is 0 Å². The third kappa shape index (κ3) is 6.86. The molecule has 0 atom stereocenters. The molecule has 1 aromatic carbocycles. The van der Waals surface area contributed by atoms with Gasteiger partial charge in [-0.3, -0.25) is 4.79 Å². The molecule has 1 aliphatic carbocycles. The Morgan fingerprint density at radius 1 is 1.15 bits per heavy atom. The minimum Gasteiger partial charge on any atom is -0.474 e. The summed E-state index contributed by atoms with van der Waals surface area (Å²) >= 11 is 0. The number of esters is 1. The third-order valence-electron chi connectivity index (χ3n) is 5.42. The predicted molar refractivity (Wildman–Crippen MR) is 119 cm³/mol. The molecule has 0 aliphatic heterocycles. The summed E-state index contributed by atoms with van der Waals surface area (Å²) in [5.74, 6) is -0.386. The monoisotopic (exact) mass is 480 g/mol. The number of halogens is 1. The Morgan fingerprint density at radius 2 is 1.82 bits per heavy atom. The molecule has 2 aromatic rings. The van der Waals surface area contributed by atoms with Crippen LogP contribution in [0.1, 0.15) is 51.5 Å². The van der Waals surface area contributed by atoms with Crippen molar-refractivity contribution in [3.8, 4) is 17.5 Å². The zero-order chi connectivity index (χ0) is 24.2. The fraction of sp³-hybridized carbons (Fsp3) is 0.522. The Bertz CT molecular complexity index is 1100. The van der Waals surface area contributed by atoms with Crippen molar-refractivity contribution in [2.45, 2.75) is 70.0 Å². The SMILES string of the molecule is Cc1c(Oc2ccc(S(C)(=O)=O)cc2F)ncnc1OC1CCC(CC(=O)OC(C)C)CC1. The number of benzene rings is 1. The number of aromatic nitrogens is 2. The fourth-order valence-electron chi connectivity index (χ4n) is 3.70. The summed E-state index contributed by atoms with van der Waals surface area (Å²) in [6.07, 6.45) is 5.78. The highest BCUT2D eigenvalue weighted by atomic mass is 32.2. The highest BCUT2D eigenvalue weighted by molar-refractivity contribution is 7.90. The maximum absolute atomic E-state index is 14.4. The Morgan fingerprint density at radius 3 is 2.42 bits per heavy atom. The molecule has 1 saturated carbocycles. The predicted octanol–water partition coefficient (Wildman–Crippen LogP) is 4.40. The Hall–Kier alpha value is -2.75. The molecule has 180 valence electrons. The number of ether oxygens (including phenoxy) is 3. The largest absolute Gasteiger partial charge is 0.474 e. The number of hydrogen-bond donors (Lipinski definition) is 0. The van der Waals surface area contributed by atoms with Crippen LogP contribution in [0.25, 0.3) is 0 Å². The summed E-state index contributed by atoms with van der Waals surface area (Å²) in [7, 11) is -3.53. The van der Waals surface area contributed by atoms with E-state index in [9.17, 15) is 17.6 Å². The van der Waals surface area contributed by atoms with E-state index in [2.05, 4.69) is 9.97 Å². The van der Waals surface area contributed by atoms with Gasteiger partial charge in [-0.05, 0) is 70.6 Å². The summed E-state index contributed by atoms with van der Waals surface area (Å²) in [4.78, 5) is 20.0. The number of nitrogens with zero attached hydrogens (tertiary/aromatic N) is 2. The highest BCUT2D eigenvalue weighted by Crippen LogP contribution is 2.33. The van der Waals surface area contributed by atoms with Crippen molar-refractivity contribution >= 4 is 15.8 Å². The van der Waals surface area contributed by atoms with Crippen LogP contribution in [-0.2, 0) is 19.4 Å². The van der Waals surface area contributed by atoms with Crippen molar-refractivity contribution in [3.05, 3.63) is 35.9 Å². The van der Waals surface area contributed by atoms with Gasteiger partial charge in [0.15, 0.2) is 21.4 Å². The van der Waals surface area contributed by atoms with Gasteiger partial charge >= 0.3 is 5.97 Å². The van der Waals surface area contributed by atoms with Gasteiger partial charge in [-0.1, -0.05) is 0 Å². The van der Waals surface area contributed by atoms with Gasteiger partial charge in [0.05, 0.1) is 16.6 Å². The molecule has 0 unspecified atom stereocenters. The van der Waals surface area contributed by atoms with Crippen LogP contribution < -0.4 is 9.47 Å².